The van der Waals surface area contributed by atoms with Gasteiger partial charge in [0, 0.05) is 24.8 Å². The molecule has 5 nitrogen and oxygen atoms in total. The summed E-state index contributed by atoms with van der Waals surface area (Å²) in [4.78, 5) is 20.2. The fourth-order valence-electron chi connectivity index (χ4n) is 5.71. The third kappa shape index (κ3) is 3.64. The van der Waals surface area contributed by atoms with Crippen molar-refractivity contribution < 1.29 is 9.21 Å². The Morgan fingerprint density at radius 2 is 1.83 bits per heavy atom. The van der Waals surface area contributed by atoms with Crippen molar-refractivity contribution in [1.82, 2.24) is 9.80 Å². The molecule has 5 rings (SSSR count). The van der Waals surface area contributed by atoms with Crippen LogP contribution >= 0.6 is 0 Å². The minimum Gasteiger partial charge on any atom is -0.467 e. The number of furan rings is 1. The number of carbonyl (C=O) groups excluding carboxylic acids is 1. The zero-order valence-electron chi connectivity index (χ0n) is 18.2. The molecule has 1 aromatic carbocycles. The van der Waals surface area contributed by atoms with Gasteiger partial charge >= 0.3 is 0 Å². The van der Waals surface area contributed by atoms with Crippen molar-refractivity contribution in [2.45, 2.75) is 45.2 Å². The van der Waals surface area contributed by atoms with Gasteiger partial charge < -0.3 is 19.1 Å². The Balaban J connectivity index is 1.27. The molecule has 0 N–H and O–H groups in total. The van der Waals surface area contributed by atoms with Gasteiger partial charge in [-0.05, 0) is 82.3 Å². The van der Waals surface area contributed by atoms with Gasteiger partial charge in [-0.2, -0.15) is 0 Å². The molecule has 0 saturated carbocycles. The van der Waals surface area contributed by atoms with Crippen molar-refractivity contribution in [2.75, 3.05) is 38.1 Å². The molecule has 3 aliphatic rings. The molecule has 30 heavy (non-hydrogen) atoms. The first-order valence-corrected chi connectivity index (χ1v) is 11.5. The number of amides is 1. The highest BCUT2D eigenvalue weighted by molar-refractivity contribution is 5.95. The second kappa shape index (κ2) is 8.10. The van der Waals surface area contributed by atoms with E-state index < -0.39 is 0 Å². The number of nitrogens with zero attached hydrogens (tertiary/aromatic N) is 3. The van der Waals surface area contributed by atoms with Gasteiger partial charge in [-0.3, -0.25) is 4.79 Å². The molecule has 160 valence electrons. The van der Waals surface area contributed by atoms with E-state index in [0.29, 0.717) is 18.5 Å². The molecule has 4 heterocycles. The summed E-state index contributed by atoms with van der Waals surface area (Å²) in [7, 11) is 2.21. The summed E-state index contributed by atoms with van der Waals surface area (Å²) < 4.78 is 5.83. The average Bonchev–Trinajstić information content (AvgIpc) is 3.48. The zero-order chi connectivity index (χ0) is 20.7. The molecule has 2 atom stereocenters. The van der Waals surface area contributed by atoms with Crippen LogP contribution in [0.4, 0.5) is 5.69 Å². The predicted octanol–water partition coefficient (Wildman–Crippen LogP) is 4.03. The lowest BCUT2D eigenvalue weighted by Gasteiger charge is -2.32. The topological polar surface area (TPSA) is 39.9 Å². The Hall–Kier alpha value is -2.27. The smallest absolute Gasteiger partial charge is 0.257 e. The van der Waals surface area contributed by atoms with Gasteiger partial charge in [0.25, 0.3) is 5.91 Å². The number of benzene rings is 1. The molecular formula is C25H33N3O2. The maximum Gasteiger partial charge on any atom is 0.257 e. The standard InChI is InChI=1S/C25H33N3O2/c1-18-15-20-5-3-4-6-23(20)28(18)17-24-22(10-14-30-24)25(29)27-13-9-21(16-27)19-7-11-26(2)12-8-19/h3-6,10,14,18-19,21H,7-9,11-13,15-17H2,1-2H3. The number of para-hydroxylation sites is 1. The molecule has 2 aromatic rings. The van der Waals surface area contributed by atoms with Crippen LogP contribution < -0.4 is 4.90 Å². The highest BCUT2D eigenvalue weighted by Gasteiger charge is 2.35. The quantitative estimate of drug-likeness (QED) is 0.767. The van der Waals surface area contributed by atoms with Crippen LogP contribution in [0, 0.1) is 11.8 Å². The van der Waals surface area contributed by atoms with Crippen LogP contribution in [0.25, 0.3) is 0 Å². The summed E-state index contributed by atoms with van der Waals surface area (Å²) in [6.07, 6.45) is 6.41. The summed E-state index contributed by atoms with van der Waals surface area (Å²) in [6.45, 7) is 7.06. The lowest BCUT2D eigenvalue weighted by Crippen LogP contribution is -2.35. The second-order valence-corrected chi connectivity index (χ2v) is 9.51. The van der Waals surface area contributed by atoms with Crippen LogP contribution in [0.1, 0.15) is 47.9 Å². The summed E-state index contributed by atoms with van der Waals surface area (Å²) >= 11 is 0. The van der Waals surface area contributed by atoms with Crippen LogP contribution in [-0.2, 0) is 13.0 Å². The highest BCUT2D eigenvalue weighted by atomic mass is 16.3. The normalized spacial score (nSPS) is 25.1. The van der Waals surface area contributed by atoms with Gasteiger partial charge in [-0.25, -0.2) is 0 Å². The summed E-state index contributed by atoms with van der Waals surface area (Å²) in [5.74, 6) is 2.37. The van der Waals surface area contributed by atoms with Gasteiger partial charge in [0.05, 0.1) is 18.4 Å². The van der Waals surface area contributed by atoms with Crippen LogP contribution in [0.15, 0.2) is 41.0 Å². The van der Waals surface area contributed by atoms with Gasteiger partial charge in [0.1, 0.15) is 5.76 Å². The third-order valence-corrected chi connectivity index (χ3v) is 7.58. The number of hydrogen-bond acceptors (Lipinski definition) is 4. The van der Waals surface area contributed by atoms with Gasteiger partial charge in [-0.15, -0.1) is 0 Å². The minimum absolute atomic E-state index is 0.148. The van der Waals surface area contributed by atoms with Crippen molar-refractivity contribution in [1.29, 1.82) is 0 Å². The number of anilines is 1. The summed E-state index contributed by atoms with van der Waals surface area (Å²) in [6, 6.07) is 10.9. The maximum absolute atomic E-state index is 13.3. The van der Waals surface area contributed by atoms with E-state index in [1.807, 2.05) is 6.07 Å². The molecule has 2 saturated heterocycles. The van der Waals surface area contributed by atoms with Crippen LogP contribution in [0.3, 0.4) is 0 Å². The molecule has 0 aliphatic carbocycles. The minimum atomic E-state index is 0.148. The largest absolute Gasteiger partial charge is 0.467 e. The SMILES string of the molecule is CC1Cc2ccccc2N1Cc1occc1C(=O)N1CCC(C2CCN(C)CC2)C1. The number of carbonyl (C=O) groups is 1. The number of likely N-dealkylation sites (tertiary alicyclic amines) is 2. The van der Waals surface area contributed by atoms with E-state index in [0.717, 1.165) is 43.2 Å². The van der Waals surface area contributed by atoms with Gasteiger partial charge in [0.15, 0.2) is 0 Å². The van der Waals surface area contributed by atoms with Crippen molar-refractivity contribution in [3.05, 3.63) is 53.5 Å². The molecular weight excluding hydrogens is 374 g/mol. The molecule has 0 spiro atoms. The van der Waals surface area contributed by atoms with E-state index in [4.69, 9.17) is 4.42 Å². The van der Waals surface area contributed by atoms with Crippen LogP contribution in [0.5, 0.6) is 0 Å². The highest BCUT2D eigenvalue weighted by Crippen LogP contribution is 2.35. The number of hydrogen-bond donors (Lipinski definition) is 0. The van der Waals surface area contributed by atoms with E-state index in [-0.39, 0.29) is 5.91 Å². The van der Waals surface area contributed by atoms with Crippen LogP contribution in [-0.4, -0.2) is 55.0 Å². The second-order valence-electron chi connectivity index (χ2n) is 9.51. The number of piperidine rings is 1. The molecule has 0 bridgehead atoms. The summed E-state index contributed by atoms with van der Waals surface area (Å²) in [5, 5.41) is 0. The fourth-order valence-corrected chi connectivity index (χ4v) is 5.71. The van der Waals surface area contributed by atoms with E-state index in [1.165, 1.54) is 37.2 Å². The Bertz CT molecular complexity index is 899. The number of fused-ring (bicyclic) bond motifs is 1. The van der Waals surface area contributed by atoms with E-state index in [1.54, 1.807) is 6.26 Å². The first kappa shape index (κ1) is 19.7. The van der Waals surface area contributed by atoms with Gasteiger partial charge in [0.2, 0.25) is 0 Å². The predicted molar refractivity (Wildman–Crippen MR) is 119 cm³/mol. The molecule has 5 heteroatoms. The Labute approximate surface area is 179 Å². The first-order valence-electron chi connectivity index (χ1n) is 11.5. The summed E-state index contributed by atoms with van der Waals surface area (Å²) in [5.41, 5.74) is 3.39. The average molecular weight is 408 g/mol. The van der Waals surface area contributed by atoms with E-state index >= 15 is 0 Å². The zero-order valence-corrected chi connectivity index (χ0v) is 18.2. The van der Waals surface area contributed by atoms with Gasteiger partial charge in [-0.1, -0.05) is 18.2 Å². The van der Waals surface area contributed by atoms with Crippen molar-refractivity contribution in [2.24, 2.45) is 11.8 Å². The van der Waals surface area contributed by atoms with Crippen molar-refractivity contribution >= 4 is 11.6 Å². The Morgan fingerprint density at radius 1 is 1.07 bits per heavy atom. The molecule has 0 radical (unpaired) electrons. The lowest BCUT2D eigenvalue weighted by molar-refractivity contribution is 0.0773. The molecule has 2 unspecified atom stereocenters. The monoisotopic (exact) mass is 407 g/mol. The fraction of sp³-hybridized carbons (Fsp3) is 0.560. The molecule has 3 aliphatic heterocycles. The van der Waals surface area contributed by atoms with Crippen LogP contribution in [0.2, 0.25) is 0 Å². The molecule has 1 aromatic heterocycles. The molecule has 2 fully saturated rings. The maximum atomic E-state index is 13.3. The number of rotatable bonds is 4. The van der Waals surface area contributed by atoms with Crippen molar-refractivity contribution in [3.63, 3.8) is 0 Å². The lowest BCUT2D eigenvalue weighted by atomic mass is 9.84. The van der Waals surface area contributed by atoms with E-state index in [9.17, 15) is 4.79 Å². The Kier molecular flexibility index (Phi) is 5.32. The Morgan fingerprint density at radius 3 is 2.67 bits per heavy atom. The first-order chi connectivity index (χ1) is 14.6. The third-order valence-electron chi connectivity index (χ3n) is 7.58. The molecule has 1 amide bonds. The van der Waals surface area contributed by atoms with Crippen molar-refractivity contribution in [3.8, 4) is 0 Å². The van der Waals surface area contributed by atoms with E-state index in [2.05, 4.69) is 52.9 Å².